The van der Waals surface area contributed by atoms with Crippen molar-refractivity contribution in [3.8, 4) is 6.07 Å². The molecule has 1 saturated heterocycles. The molecule has 0 radical (unpaired) electrons. The quantitative estimate of drug-likeness (QED) is 0.702. The van der Waals surface area contributed by atoms with Gasteiger partial charge in [0.15, 0.2) is 0 Å². The van der Waals surface area contributed by atoms with Crippen LogP contribution in [0.4, 0.5) is 0 Å². The lowest BCUT2D eigenvalue weighted by Gasteiger charge is -2.31. The highest BCUT2D eigenvalue weighted by Gasteiger charge is 2.25. The van der Waals surface area contributed by atoms with Crippen molar-refractivity contribution in [3.63, 3.8) is 0 Å². The summed E-state index contributed by atoms with van der Waals surface area (Å²) in [5.74, 6) is 0.123. The minimum absolute atomic E-state index is 0.0344. The van der Waals surface area contributed by atoms with Gasteiger partial charge in [0, 0.05) is 32.7 Å². The Kier molecular flexibility index (Phi) is 8.28. The lowest BCUT2D eigenvalue weighted by Crippen LogP contribution is -2.50. The number of rotatable bonds is 8. The summed E-state index contributed by atoms with van der Waals surface area (Å²) in [5.41, 5.74) is 6.04. The average molecular weight is 296 g/mol. The zero-order valence-electron chi connectivity index (χ0n) is 13.3. The van der Waals surface area contributed by atoms with Crippen molar-refractivity contribution in [2.24, 2.45) is 11.7 Å². The van der Waals surface area contributed by atoms with Crippen LogP contribution in [0, 0.1) is 17.2 Å². The maximum Gasteiger partial charge on any atom is 0.239 e. The van der Waals surface area contributed by atoms with Crippen LogP contribution in [-0.2, 0) is 9.53 Å². The zero-order valence-corrected chi connectivity index (χ0v) is 13.3. The summed E-state index contributed by atoms with van der Waals surface area (Å²) in [7, 11) is 0. The minimum Gasteiger partial charge on any atom is -0.379 e. The molecule has 1 rings (SSSR count). The molecular weight excluding hydrogens is 268 g/mol. The smallest absolute Gasteiger partial charge is 0.239 e. The summed E-state index contributed by atoms with van der Waals surface area (Å²) in [6.07, 6.45) is 1.23. The number of nitrogens with zero attached hydrogens (tertiary/aromatic N) is 3. The number of ether oxygens (including phenoxy) is 1. The Hall–Kier alpha value is -1.16. The van der Waals surface area contributed by atoms with Crippen molar-refractivity contribution in [1.82, 2.24) is 9.80 Å². The predicted molar refractivity (Wildman–Crippen MR) is 81.5 cm³/mol. The fourth-order valence-corrected chi connectivity index (χ4v) is 2.31. The van der Waals surface area contributed by atoms with Crippen LogP contribution in [0.2, 0.25) is 0 Å². The van der Waals surface area contributed by atoms with Gasteiger partial charge in [0.1, 0.15) is 0 Å². The van der Waals surface area contributed by atoms with Gasteiger partial charge in [0.05, 0.1) is 31.7 Å². The van der Waals surface area contributed by atoms with Gasteiger partial charge in [0.2, 0.25) is 5.91 Å². The third-order valence-electron chi connectivity index (χ3n) is 4.14. The standard InChI is InChI=1S/C15H28N4O2/c1-3-13(2)14(17)15(20)19(6-4-5-16)8-7-18-9-11-21-12-10-18/h13-14H,3-4,6-12,17H2,1-2H3/t13?,14-/m0/s1. The molecule has 1 fully saturated rings. The van der Waals surface area contributed by atoms with Crippen LogP contribution in [-0.4, -0.2) is 67.7 Å². The molecular formula is C15H28N4O2. The van der Waals surface area contributed by atoms with Crippen molar-refractivity contribution >= 4 is 5.91 Å². The van der Waals surface area contributed by atoms with E-state index in [0.717, 1.165) is 39.3 Å². The summed E-state index contributed by atoms with van der Waals surface area (Å²) < 4.78 is 5.32. The topological polar surface area (TPSA) is 82.6 Å². The number of carbonyl (C=O) groups excluding carboxylic acids is 1. The van der Waals surface area contributed by atoms with E-state index in [-0.39, 0.29) is 11.8 Å². The van der Waals surface area contributed by atoms with Crippen molar-refractivity contribution in [2.75, 3.05) is 45.9 Å². The minimum atomic E-state index is -0.474. The monoisotopic (exact) mass is 296 g/mol. The second-order valence-electron chi connectivity index (χ2n) is 5.60. The highest BCUT2D eigenvalue weighted by molar-refractivity contribution is 5.82. The number of nitrogens with two attached hydrogens (primary N) is 1. The van der Waals surface area contributed by atoms with Crippen LogP contribution >= 0.6 is 0 Å². The van der Waals surface area contributed by atoms with E-state index in [9.17, 15) is 4.79 Å². The highest BCUT2D eigenvalue weighted by atomic mass is 16.5. The lowest BCUT2D eigenvalue weighted by atomic mass is 9.99. The summed E-state index contributed by atoms with van der Waals surface area (Å²) in [4.78, 5) is 16.5. The number of carbonyl (C=O) groups is 1. The molecule has 1 heterocycles. The van der Waals surface area contributed by atoms with Crippen LogP contribution in [0.1, 0.15) is 26.7 Å². The zero-order chi connectivity index (χ0) is 15.7. The van der Waals surface area contributed by atoms with Gasteiger partial charge in [-0.2, -0.15) is 5.26 Å². The van der Waals surface area contributed by atoms with E-state index in [1.165, 1.54) is 0 Å². The van der Waals surface area contributed by atoms with Gasteiger partial charge in [-0.05, 0) is 5.92 Å². The first kappa shape index (κ1) is 17.9. The van der Waals surface area contributed by atoms with Crippen molar-refractivity contribution in [3.05, 3.63) is 0 Å². The van der Waals surface area contributed by atoms with Crippen LogP contribution < -0.4 is 5.73 Å². The van der Waals surface area contributed by atoms with Gasteiger partial charge in [0.25, 0.3) is 0 Å². The number of nitriles is 1. The third-order valence-corrected chi connectivity index (χ3v) is 4.14. The SMILES string of the molecule is CCC(C)[C@H](N)C(=O)N(CCC#N)CCN1CCOCC1. The summed E-state index contributed by atoms with van der Waals surface area (Å²) in [6, 6.07) is 1.63. The highest BCUT2D eigenvalue weighted by Crippen LogP contribution is 2.09. The van der Waals surface area contributed by atoms with Crippen LogP contribution in [0.5, 0.6) is 0 Å². The molecule has 6 heteroatoms. The van der Waals surface area contributed by atoms with Gasteiger partial charge in [-0.25, -0.2) is 0 Å². The van der Waals surface area contributed by atoms with E-state index in [0.29, 0.717) is 19.5 Å². The summed E-state index contributed by atoms with van der Waals surface area (Å²) in [5, 5.41) is 8.76. The molecule has 0 aromatic carbocycles. The van der Waals surface area contributed by atoms with Crippen molar-refractivity contribution < 1.29 is 9.53 Å². The largest absolute Gasteiger partial charge is 0.379 e. The van der Waals surface area contributed by atoms with Crippen LogP contribution in [0.25, 0.3) is 0 Å². The number of hydrogen-bond acceptors (Lipinski definition) is 5. The first-order valence-electron chi connectivity index (χ1n) is 7.81. The van der Waals surface area contributed by atoms with E-state index in [4.69, 9.17) is 15.7 Å². The summed E-state index contributed by atoms with van der Waals surface area (Å²) in [6.45, 7) is 9.23. The molecule has 1 aliphatic rings. The van der Waals surface area contributed by atoms with Gasteiger partial charge in [-0.1, -0.05) is 20.3 Å². The van der Waals surface area contributed by atoms with E-state index >= 15 is 0 Å². The fourth-order valence-electron chi connectivity index (χ4n) is 2.31. The normalized spacial score (nSPS) is 18.8. The van der Waals surface area contributed by atoms with E-state index < -0.39 is 6.04 Å². The third kappa shape index (κ3) is 6.00. The van der Waals surface area contributed by atoms with Crippen LogP contribution in [0.3, 0.4) is 0 Å². The Morgan fingerprint density at radius 2 is 2.10 bits per heavy atom. The number of hydrogen-bond donors (Lipinski definition) is 1. The fraction of sp³-hybridized carbons (Fsp3) is 0.867. The Labute approximate surface area is 127 Å². The molecule has 1 unspecified atom stereocenters. The van der Waals surface area contributed by atoms with Crippen molar-refractivity contribution in [2.45, 2.75) is 32.7 Å². The van der Waals surface area contributed by atoms with E-state index in [1.54, 1.807) is 4.90 Å². The Morgan fingerprint density at radius 3 is 2.67 bits per heavy atom. The molecule has 0 aromatic heterocycles. The van der Waals surface area contributed by atoms with E-state index in [1.807, 2.05) is 13.8 Å². The molecule has 1 aliphatic heterocycles. The van der Waals surface area contributed by atoms with E-state index in [2.05, 4.69) is 11.0 Å². The van der Waals surface area contributed by atoms with Gasteiger partial charge >= 0.3 is 0 Å². The molecule has 0 aromatic rings. The molecule has 0 aliphatic carbocycles. The van der Waals surface area contributed by atoms with Crippen molar-refractivity contribution in [1.29, 1.82) is 5.26 Å². The molecule has 6 nitrogen and oxygen atoms in total. The molecule has 0 saturated carbocycles. The van der Waals surface area contributed by atoms with Gasteiger partial charge in [-0.15, -0.1) is 0 Å². The van der Waals surface area contributed by atoms with Crippen LogP contribution in [0.15, 0.2) is 0 Å². The predicted octanol–water partition coefficient (Wildman–Crippen LogP) is 0.434. The Morgan fingerprint density at radius 1 is 1.43 bits per heavy atom. The summed E-state index contributed by atoms with van der Waals surface area (Å²) >= 11 is 0. The second kappa shape index (κ2) is 9.72. The first-order chi connectivity index (χ1) is 10.1. The lowest BCUT2D eigenvalue weighted by molar-refractivity contribution is -0.134. The Balaban J connectivity index is 2.53. The number of morpholine rings is 1. The molecule has 0 bridgehead atoms. The molecule has 2 atom stereocenters. The Bertz CT molecular complexity index is 350. The first-order valence-corrected chi connectivity index (χ1v) is 7.81. The molecule has 2 N–H and O–H groups in total. The van der Waals surface area contributed by atoms with Gasteiger partial charge < -0.3 is 15.4 Å². The molecule has 120 valence electrons. The number of amides is 1. The maximum atomic E-state index is 12.5. The second-order valence-corrected chi connectivity index (χ2v) is 5.60. The van der Waals surface area contributed by atoms with Gasteiger partial charge in [-0.3, -0.25) is 9.69 Å². The molecule has 0 spiro atoms. The molecule has 21 heavy (non-hydrogen) atoms. The maximum absolute atomic E-state index is 12.5. The average Bonchev–Trinajstić information content (AvgIpc) is 2.53. The molecule has 1 amide bonds.